The van der Waals surface area contributed by atoms with E-state index < -0.39 is 13.9 Å². The van der Waals surface area contributed by atoms with Gasteiger partial charge in [0.1, 0.15) is 5.60 Å². The molecule has 0 aliphatic heterocycles. The van der Waals surface area contributed by atoms with Crippen molar-refractivity contribution in [3.05, 3.63) is 12.7 Å². The first kappa shape index (κ1) is 15.5. The fraction of sp³-hybridized carbons (Fsp3) is 0.714. The molecular weight excluding hydrogens is 212 g/mol. The Hall–Kier alpha value is -0.523. The summed E-state index contributed by atoms with van der Waals surface area (Å²) in [7, 11) is -1.79. The average molecular weight is 238 g/mol. The second kappa shape index (κ2) is 5.20. The molecule has 2 heteroatoms. The Morgan fingerprint density at radius 1 is 1.31 bits per heavy atom. The van der Waals surface area contributed by atoms with Crippen LogP contribution in [0.5, 0.6) is 0 Å². The molecule has 0 amide bonds. The minimum atomic E-state index is -1.79. The smallest absolute Gasteiger partial charge is 0.194 e. The molecule has 0 aliphatic rings. The van der Waals surface area contributed by atoms with E-state index in [1.165, 1.54) is 0 Å². The summed E-state index contributed by atoms with van der Waals surface area (Å²) in [4.78, 5) is 0. The first-order chi connectivity index (χ1) is 7.08. The van der Waals surface area contributed by atoms with Crippen molar-refractivity contribution in [3.8, 4) is 12.3 Å². The van der Waals surface area contributed by atoms with E-state index in [1.807, 2.05) is 13.0 Å². The van der Waals surface area contributed by atoms with Crippen molar-refractivity contribution in [2.75, 3.05) is 0 Å². The maximum Gasteiger partial charge on any atom is 0.194 e. The second-order valence-corrected chi connectivity index (χ2v) is 10.8. The van der Waals surface area contributed by atoms with Crippen LogP contribution in [0.4, 0.5) is 0 Å². The fourth-order valence-electron chi connectivity index (χ4n) is 1.25. The molecule has 1 atom stereocenters. The van der Waals surface area contributed by atoms with Crippen LogP contribution in [-0.4, -0.2) is 13.9 Å². The maximum absolute atomic E-state index is 6.30. The molecule has 1 unspecified atom stereocenters. The van der Waals surface area contributed by atoms with Gasteiger partial charge < -0.3 is 4.43 Å². The van der Waals surface area contributed by atoms with Crippen molar-refractivity contribution >= 4 is 8.32 Å². The molecule has 0 aromatic heterocycles. The maximum atomic E-state index is 6.30. The SMILES string of the molecule is C#CC(C)(CCC=C)O[Si](C)(C)C(C)(C)C. The number of rotatable bonds is 5. The lowest BCUT2D eigenvalue weighted by atomic mass is 10.0. The topological polar surface area (TPSA) is 9.23 Å². The summed E-state index contributed by atoms with van der Waals surface area (Å²) in [5.41, 5.74) is -0.447. The molecule has 0 bridgehead atoms. The summed E-state index contributed by atoms with van der Waals surface area (Å²) in [6.45, 7) is 16.9. The summed E-state index contributed by atoms with van der Waals surface area (Å²) >= 11 is 0. The van der Waals surface area contributed by atoms with E-state index in [4.69, 9.17) is 10.8 Å². The average Bonchev–Trinajstić information content (AvgIpc) is 2.12. The fourth-order valence-corrected chi connectivity index (χ4v) is 2.84. The minimum Gasteiger partial charge on any atom is -0.401 e. The Labute approximate surface area is 102 Å². The lowest BCUT2D eigenvalue weighted by Gasteiger charge is -2.42. The van der Waals surface area contributed by atoms with Crippen LogP contribution in [0, 0.1) is 12.3 Å². The van der Waals surface area contributed by atoms with Gasteiger partial charge in [0.25, 0.3) is 0 Å². The summed E-state index contributed by atoms with van der Waals surface area (Å²) < 4.78 is 6.30. The standard InChI is InChI=1S/C14H26OSi/c1-9-11-12-14(6,10-2)15-16(7,8)13(3,4)5/h2,9H,1,11-12H2,3-8H3. The molecule has 0 aliphatic carbocycles. The largest absolute Gasteiger partial charge is 0.401 e. The van der Waals surface area contributed by atoms with Gasteiger partial charge in [0, 0.05) is 0 Å². The molecule has 0 spiro atoms. The quantitative estimate of drug-likeness (QED) is 0.393. The number of hydrogen-bond acceptors (Lipinski definition) is 1. The van der Waals surface area contributed by atoms with Gasteiger partial charge in [-0.25, -0.2) is 0 Å². The summed E-state index contributed by atoms with van der Waals surface area (Å²) in [6.07, 6.45) is 9.25. The van der Waals surface area contributed by atoms with E-state index in [9.17, 15) is 0 Å². The lowest BCUT2D eigenvalue weighted by molar-refractivity contribution is 0.123. The number of allylic oxidation sites excluding steroid dienone is 1. The third kappa shape index (κ3) is 4.15. The predicted molar refractivity (Wildman–Crippen MR) is 75.0 cm³/mol. The van der Waals surface area contributed by atoms with Crippen molar-refractivity contribution in [1.82, 2.24) is 0 Å². The molecule has 0 saturated carbocycles. The Kier molecular flexibility index (Phi) is 5.03. The Morgan fingerprint density at radius 3 is 2.12 bits per heavy atom. The molecule has 16 heavy (non-hydrogen) atoms. The van der Waals surface area contributed by atoms with Gasteiger partial charge in [0.05, 0.1) is 0 Å². The van der Waals surface area contributed by atoms with Gasteiger partial charge in [-0.2, -0.15) is 0 Å². The van der Waals surface area contributed by atoms with Gasteiger partial charge in [0.15, 0.2) is 8.32 Å². The Morgan fingerprint density at radius 2 is 1.81 bits per heavy atom. The van der Waals surface area contributed by atoms with Crippen LogP contribution in [0.3, 0.4) is 0 Å². The highest BCUT2D eigenvalue weighted by Crippen LogP contribution is 2.39. The van der Waals surface area contributed by atoms with Gasteiger partial charge in [-0.15, -0.1) is 13.0 Å². The highest BCUT2D eigenvalue weighted by Gasteiger charge is 2.42. The van der Waals surface area contributed by atoms with Gasteiger partial charge in [-0.3, -0.25) is 0 Å². The van der Waals surface area contributed by atoms with Crippen molar-refractivity contribution in [1.29, 1.82) is 0 Å². The summed E-state index contributed by atoms with van der Waals surface area (Å²) in [5, 5.41) is 0.194. The molecule has 1 nitrogen and oxygen atoms in total. The minimum absolute atomic E-state index is 0.194. The lowest BCUT2D eigenvalue weighted by Crippen LogP contribution is -2.48. The first-order valence-corrected chi connectivity index (χ1v) is 8.78. The zero-order valence-electron chi connectivity index (χ0n) is 11.7. The van der Waals surface area contributed by atoms with E-state index in [2.05, 4.69) is 46.4 Å². The van der Waals surface area contributed by atoms with Crippen LogP contribution >= 0.6 is 0 Å². The van der Waals surface area contributed by atoms with E-state index >= 15 is 0 Å². The van der Waals surface area contributed by atoms with Crippen LogP contribution < -0.4 is 0 Å². The zero-order valence-corrected chi connectivity index (χ0v) is 12.7. The van der Waals surface area contributed by atoms with E-state index in [0.29, 0.717) is 0 Å². The first-order valence-electron chi connectivity index (χ1n) is 5.87. The predicted octanol–water partition coefficient (Wildman–Crippen LogP) is 4.37. The van der Waals surface area contributed by atoms with Crippen LogP contribution in [-0.2, 0) is 4.43 Å². The molecule has 0 aromatic rings. The van der Waals surface area contributed by atoms with Crippen molar-refractivity contribution in [2.24, 2.45) is 0 Å². The third-order valence-corrected chi connectivity index (χ3v) is 7.99. The molecule has 92 valence electrons. The summed E-state index contributed by atoms with van der Waals surface area (Å²) in [6, 6.07) is 0. The molecule has 0 fully saturated rings. The van der Waals surface area contributed by atoms with Crippen LogP contribution in [0.15, 0.2) is 12.7 Å². The molecular formula is C14H26OSi. The van der Waals surface area contributed by atoms with Crippen molar-refractivity contribution in [3.63, 3.8) is 0 Å². The van der Waals surface area contributed by atoms with Crippen LogP contribution in [0.25, 0.3) is 0 Å². The molecule has 0 rings (SSSR count). The van der Waals surface area contributed by atoms with E-state index in [1.54, 1.807) is 0 Å². The number of terminal acetylenes is 1. The third-order valence-electron chi connectivity index (χ3n) is 3.42. The normalized spacial score (nSPS) is 16.3. The van der Waals surface area contributed by atoms with Crippen molar-refractivity contribution < 1.29 is 4.43 Å². The van der Waals surface area contributed by atoms with Gasteiger partial charge in [-0.05, 0) is 37.9 Å². The molecule has 0 aromatic carbocycles. The van der Waals surface area contributed by atoms with Gasteiger partial charge >= 0.3 is 0 Å². The molecule has 0 radical (unpaired) electrons. The highest BCUT2D eigenvalue weighted by molar-refractivity contribution is 6.74. The molecule has 0 saturated heterocycles. The summed E-state index contributed by atoms with van der Waals surface area (Å²) in [5.74, 6) is 2.81. The number of hydrogen-bond donors (Lipinski definition) is 0. The highest BCUT2D eigenvalue weighted by atomic mass is 28.4. The van der Waals surface area contributed by atoms with Crippen LogP contribution in [0.1, 0.15) is 40.5 Å². The monoisotopic (exact) mass is 238 g/mol. The van der Waals surface area contributed by atoms with E-state index in [-0.39, 0.29) is 5.04 Å². The van der Waals surface area contributed by atoms with Gasteiger partial charge in [-0.1, -0.05) is 32.8 Å². The van der Waals surface area contributed by atoms with Crippen LogP contribution in [0.2, 0.25) is 18.1 Å². The second-order valence-electron chi connectivity index (χ2n) is 6.06. The Bertz CT molecular complexity index is 280. The van der Waals surface area contributed by atoms with Crippen molar-refractivity contribution in [2.45, 2.75) is 64.3 Å². The van der Waals surface area contributed by atoms with E-state index in [0.717, 1.165) is 12.8 Å². The Balaban J connectivity index is 4.79. The molecule has 0 heterocycles. The van der Waals surface area contributed by atoms with Gasteiger partial charge in [0.2, 0.25) is 0 Å². The molecule has 0 N–H and O–H groups in total. The zero-order chi connectivity index (χ0) is 13.0.